The summed E-state index contributed by atoms with van der Waals surface area (Å²) in [6, 6.07) is 0. The smallest absolute Gasteiger partial charge is 0.248 e. The highest BCUT2D eigenvalue weighted by Crippen LogP contribution is 1.66. The molecule has 4 nitrogen and oxygen atoms in total. The quantitative estimate of drug-likeness (QED) is 0.182. The van der Waals surface area contributed by atoms with Crippen LogP contribution >= 0.6 is 12.6 Å². The Bertz CT molecular complexity index is 167. The van der Waals surface area contributed by atoms with E-state index in [1.807, 2.05) is 0 Å². The molecule has 5 heteroatoms. The van der Waals surface area contributed by atoms with Crippen LogP contribution in [0, 0.1) is 12.3 Å². The largest absolute Gasteiger partial charge is 0.298 e. The average Bonchev–Trinajstić information content (AvgIpc) is 2.06. The number of carbonyl (C=O) groups is 1. The van der Waals surface area contributed by atoms with Gasteiger partial charge in [0.25, 0.3) is 0 Å². The van der Waals surface area contributed by atoms with Crippen LogP contribution in [-0.4, -0.2) is 31.3 Å². The maximum atomic E-state index is 10.9. The van der Waals surface area contributed by atoms with Crippen molar-refractivity contribution in [1.29, 1.82) is 0 Å². The van der Waals surface area contributed by atoms with Crippen LogP contribution in [0.3, 0.4) is 0 Å². The number of thiol groups is 1. The molecule has 0 aliphatic rings. The van der Waals surface area contributed by atoms with Crippen molar-refractivity contribution in [2.75, 3.05) is 25.4 Å². The summed E-state index contributed by atoms with van der Waals surface area (Å²) < 4.78 is 0. The van der Waals surface area contributed by atoms with E-state index in [9.17, 15) is 4.79 Å². The predicted octanol–water partition coefficient (Wildman–Crippen LogP) is -1.24. The monoisotopic (exact) mass is 187 g/mol. The maximum Gasteiger partial charge on any atom is 0.248 e. The van der Waals surface area contributed by atoms with E-state index in [4.69, 9.17) is 6.42 Å². The Morgan fingerprint density at radius 3 is 2.92 bits per heavy atom. The molecule has 0 fully saturated rings. The number of hydrogen-bond donors (Lipinski definition) is 4. The molecule has 0 aromatic heterocycles. The summed E-state index contributed by atoms with van der Waals surface area (Å²) >= 11 is 3.95. The molecular weight excluding hydrogens is 174 g/mol. The fourth-order valence-corrected chi connectivity index (χ4v) is 0.621. The first-order valence-electron chi connectivity index (χ1n) is 3.58. The van der Waals surface area contributed by atoms with Gasteiger partial charge in [-0.2, -0.15) is 12.6 Å². The topological polar surface area (TPSA) is 53.2 Å². The maximum absolute atomic E-state index is 10.9. The van der Waals surface area contributed by atoms with Gasteiger partial charge in [-0.3, -0.25) is 15.5 Å². The molecule has 0 unspecified atom stereocenters. The second kappa shape index (κ2) is 8.40. The molecule has 0 atom stereocenters. The molecule has 0 aromatic carbocycles. The van der Waals surface area contributed by atoms with E-state index in [-0.39, 0.29) is 12.5 Å². The molecule has 3 N–H and O–H groups in total. The Hall–Kier alpha value is -0.700. The van der Waals surface area contributed by atoms with Crippen LogP contribution in [0.2, 0.25) is 0 Å². The lowest BCUT2D eigenvalue weighted by molar-refractivity contribution is -0.121. The Kier molecular flexibility index (Phi) is 7.91. The summed E-state index contributed by atoms with van der Waals surface area (Å²) in [5.41, 5.74) is 5.17. The second-order valence-electron chi connectivity index (χ2n) is 2.01. The van der Waals surface area contributed by atoms with Gasteiger partial charge < -0.3 is 0 Å². The Labute approximate surface area is 77.9 Å². The third-order valence-electron chi connectivity index (χ3n) is 0.977. The molecule has 1 amide bonds. The van der Waals surface area contributed by atoms with Gasteiger partial charge in [0, 0.05) is 12.3 Å². The standard InChI is InChI=1S/C7H13N3OS/c1-2-3-8-6-7(11)10-9-4-5-12/h1,8-9,12H,3-6H2,(H,10,11). The van der Waals surface area contributed by atoms with Gasteiger partial charge >= 0.3 is 0 Å². The zero-order valence-corrected chi connectivity index (χ0v) is 7.66. The van der Waals surface area contributed by atoms with Gasteiger partial charge in [0.2, 0.25) is 5.91 Å². The third-order valence-corrected chi connectivity index (χ3v) is 1.20. The van der Waals surface area contributed by atoms with E-state index in [0.717, 1.165) is 0 Å². The van der Waals surface area contributed by atoms with Gasteiger partial charge in [0.1, 0.15) is 0 Å². The molecule has 0 bridgehead atoms. The SMILES string of the molecule is C#CCNCC(=O)NNCCS. The number of rotatable bonds is 6. The van der Waals surface area contributed by atoms with Crippen LogP contribution in [0.1, 0.15) is 0 Å². The molecule has 12 heavy (non-hydrogen) atoms. The fourth-order valence-electron chi connectivity index (χ4n) is 0.509. The second-order valence-corrected chi connectivity index (χ2v) is 2.45. The molecule has 0 saturated carbocycles. The third kappa shape index (κ3) is 7.41. The van der Waals surface area contributed by atoms with E-state index in [1.54, 1.807) is 0 Å². The first kappa shape index (κ1) is 11.3. The van der Waals surface area contributed by atoms with Crippen molar-refractivity contribution < 1.29 is 4.79 Å². The van der Waals surface area contributed by atoms with Crippen molar-refractivity contribution in [3.8, 4) is 12.3 Å². The lowest BCUT2D eigenvalue weighted by atomic mass is 10.5. The van der Waals surface area contributed by atoms with Gasteiger partial charge in [-0.1, -0.05) is 5.92 Å². The zero-order chi connectivity index (χ0) is 9.23. The number of nitrogens with one attached hydrogen (secondary N) is 3. The van der Waals surface area contributed by atoms with E-state index >= 15 is 0 Å². The first-order valence-corrected chi connectivity index (χ1v) is 4.21. The lowest BCUT2D eigenvalue weighted by Gasteiger charge is -2.04. The molecule has 0 rings (SSSR count). The Balaban J connectivity index is 3.17. The summed E-state index contributed by atoms with van der Waals surface area (Å²) in [6.07, 6.45) is 4.97. The minimum Gasteiger partial charge on any atom is -0.298 e. The molecule has 0 aliphatic carbocycles. The minimum absolute atomic E-state index is 0.132. The molecule has 0 radical (unpaired) electrons. The predicted molar refractivity (Wildman–Crippen MR) is 51.7 cm³/mol. The Morgan fingerprint density at radius 1 is 1.58 bits per heavy atom. The van der Waals surface area contributed by atoms with E-state index in [2.05, 4.69) is 34.7 Å². The first-order chi connectivity index (χ1) is 5.81. The Morgan fingerprint density at radius 2 is 2.33 bits per heavy atom. The van der Waals surface area contributed by atoms with Crippen LogP contribution in [-0.2, 0) is 4.79 Å². The van der Waals surface area contributed by atoms with E-state index in [0.29, 0.717) is 18.8 Å². The number of terminal acetylenes is 1. The zero-order valence-electron chi connectivity index (χ0n) is 6.76. The van der Waals surface area contributed by atoms with Crippen molar-refractivity contribution in [1.82, 2.24) is 16.2 Å². The van der Waals surface area contributed by atoms with E-state index < -0.39 is 0 Å². The van der Waals surface area contributed by atoms with Crippen molar-refractivity contribution in [2.24, 2.45) is 0 Å². The highest BCUT2D eigenvalue weighted by atomic mass is 32.1. The highest BCUT2D eigenvalue weighted by molar-refractivity contribution is 7.80. The van der Waals surface area contributed by atoms with Crippen LogP contribution < -0.4 is 16.2 Å². The van der Waals surface area contributed by atoms with Gasteiger partial charge in [-0.15, -0.1) is 6.42 Å². The minimum atomic E-state index is -0.132. The van der Waals surface area contributed by atoms with Crippen LogP contribution in [0.25, 0.3) is 0 Å². The fraction of sp³-hybridized carbons (Fsp3) is 0.571. The number of hydrogen-bond acceptors (Lipinski definition) is 4. The summed E-state index contributed by atoms with van der Waals surface area (Å²) in [5.74, 6) is 2.91. The summed E-state index contributed by atoms with van der Waals surface area (Å²) in [5, 5.41) is 2.75. The molecule has 0 heterocycles. The number of carbonyl (C=O) groups excluding carboxylic acids is 1. The highest BCUT2D eigenvalue weighted by Gasteiger charge is 1.96. The van der Waals surface area contributed by atoms with Gasteiger partial charge in [0.05, 0.1) is 13.1 Å². The number of amides is 1. The number of hydrazine groups is 1. The summed E-state index contributed by atoms with van der Waals surface area (Å²) in [7, 11) is 0. The molecular formula is C7H13N3OS. The lowest BCUT2D eigenvalue weighted by Crippen LogP contribution is -2.43. The van der Waals surface area contributed by atoms with Gasteiger partial charge in [-0.25, -0.2) is 5.43 Å². The molecule has 68 valence electrons. The van der Waals surface area contributed by atoms with E-state index in [1.165, 1.54) is 0 Å². The molecule has 0 aliphatic heterocycles. The van der Waals surface area contributed by atoms with Crippen molar-refractivity contribution >= 4 is 18.5 Å². The van der Waals surface area contributed by atoms with Crippen LogP contribution in [0.4, 0.5) is 0 Å². The normalized spacial score (nSPS) is 9.00. The van der Waals surface area contributed by atoms with Crippen LogP contribution in [0.15, 0.2) is 0 Å². The molecule has 0 aromatic rings. The van der Waals surface area contributed by atoms with Gasteiger partial charge in [-0.05, 0) is 0 Å². The van der Waals surface area contributed by atoms with Crippen molar-refractivity contribution in [3.05, 3.63) is 0 Å². The van der Waals surface area contributed by atoms with Crippen LogP contribution in [0.5, 0.6) is 0 Å². The van der Waals surface area contributed by atoms with Crippen molar-refractivity contribution in [2.45, 2.75) is 0 Å². The molecule has 0 saturated heterocycles. The average molecular weight is 187 g/mol. The summed E-state index contributed by atoms with van der Waals surface area (Å²) in [4.78, 5) is 10.9. The van der Waals surface area contributed by atoms with Crippen molar-refractivity contribution in [3.63, 3.8) is 0 Å². The molecule has 0 spiro atoms. The summed E-state index contributed by atoms with van der Waals surface area (Å²) in [6.45, 7) is 1.27. The van der Waals surface area contributed by atoms with Gasteiger partial charge in [0.15, 0.2) is 0 Å².